The molecule has 0 rings (SSSR count). The number of amides is 11. The molecule has 0 aliphatic carbocycles. The first-order valence-corrected chi connectivity index (χ1v) is 33.6. The van der Waals surface area contributed by atoms with Crippen LogP contribution >= 0.6 is 0 Å². The molecule has 11 amide bonds. The molecule has 0 aliphatic rings. The number of carbonyl (C=O) groups excluding carboxylic acids is 11. The number of guanidine groups is 6. The molecular formula is C58H114N32O13. The van der Waals surface area contributed by atoms with Crippen LogP contribution < -0.4 is 145 Å². The minimum absolute atomic E-state index is 0.00167. The summed E-state index contributed by atoms with van der Waals surface area (Å²) in [6, 6.07) is -14.9. The summed E-state index contributed by atoms with van der Waals surface area (Å²) in [5, 5.41) is 33.1. The van der Waals surface area contributed by atoms with Crippen molar-refractivity contribution >= 4 is 107 Å². The monoisotopic (exact) mass is 1470 g/mol. The van der Waals surface area contributed by atoms with E-state index >= 15 is 0 Å². The lowest BCUT2D eigenvalue weighted by Gasteiger charge is -2.28. The fraction of sp³-hybridized carbons (Fsp3) is 0.690. The third-order valence-electron chi connectivity index (χ3n) is 15.0. The number of nitrogens with zero attached hydrogens (tertiary/aromatic N) is 6. The first-order chi connectivity index (χ1) is 48.6. The molecule has 44 N–H and O–H groups in total. The second-order valence-electron chi connectivity index (χ2n) is 23.8. The molecule has 0 aliphatic heterocycles. The Hall–Kier alpha value is -10.9. The summed E-state index contributed by atoms with van der Waals surface area (Å²) in [6.45, 7) is 0.119. The Kier molecular flexibility index (Phi) is 47.5. The Balaban J connectivity index is 7.66. The summed E-state index contributed by atoms with van der Waals surface area (Å²) in [4.78, 5) is 188. The quantitative estimate of drug-likeness (QED) is 0.0153. The van der Waals surface area contributed by atoms with Crippen LogP contribution in [-0.4, -0.2) is 225 Å². The lowest BCUT2D eigenvalue weighted by atomic mass is 10.0. The number of nitrogens with one attached hydrogen (secondary N) is 9. The second-order valence-corrected chi connectivity index (χ2v) is 23.8. The van der Waals surface area contributed by atoms with Crippen LogP contribution in [0.2, 0.25) is 0 Å². The Bertz CT molecular complexity index is 2890. The highest BCUT2D eigenvalue weighted by molar-refractivity contribution is 5.99. The van der Waals surface area contributed by atoms with Crippen molar-refractivity contribution in [2.45, 2.75) is 202 Å². The maximum absolute atomic E-state index is 14.8. The molecule has 45 nitrogen and oxygen atoms in total. The van der Waals surface area contributed by atoms with E-state index in [-0.39, 0.29) is 204 Å². The highest BCUT2D eigenvalue weighted by atomic mass is 16.4. The number of hydrogen-bond donors (Lipinski definition) is 27. The van der Waals surface area contributed by atoms with Gasteiger partial charge in [0.2, 0.25) is 65.0 Å². The summed E-state index contributed by atoms with van der Waals surface area (Å²) < 4.78 is 0. The van der Waals surface area contributed by atoms with Gasteiger partial charge in [0.25, 0.3) is 0 Å². The van der Waals surface area contributed by atoms with Crippen LogP contribution in [0.25, 0.3) is 0 Å². The number of carboxylic acid groups (broad SMARTS) is 1. The summed E-state index contributed by atoms with van der Waals surface area (Å²) in [5.74, 6) is -13.4. The van der Waals surface area contributed by atoms with Gasteiger partial charge in [-0.3, -0.25) is 82.7 Å². The fourth-order valence-corrected chi connectivity index (χ4v) is 9.59. The number of aliphatic carboxylic acids is 1. The van der Waals surface area contributed by atoms with Crippen molar-refractivity contribution in [1.29, 1.82) is 0 Å². The molecule has 0 spiro atoms. The highest BCUT2D eigenvalue weighted by Gasteiger charge is 2.36. The molecule has 0 unspecified atom stereocenters. The average Bonchev–Trinajstić information content (AvgIpc) is 0.870. The Morgan fingerprint density at radius 1 is 0.252 bits per heavy atom. The van der Waals surface area contributed by atoms with E-state index in [9.17, 15) is 62.6 Å². The fourth-order valence-electron chi connectivity index (χ4n) is 9.59. The van der Waals surface area contributed by atoms with Crippen molar-refractivity contribution < 1.29 is 62.6 Å². The number of aliphatic imine (C=N–C) groups is 6. The summed E-state index contributed by atoms with van der Waals surface area (Å²) in [7, 11) is 0. The predicted octanol–water partition coefficient (Wildman–Crippen LogP) is -12.1. The number of carboxylic acids is 1. The van der Waals surface area contributed by atoms with Crippen molar-refractivity contribution in [2.75, 3.05) is 52.4 Å². The van der Waals surface area contributed by atoms with E-state index in [1.54, 1.807) is 0 Å². The molecule has 0 saturated carbocycles. The molecule has 10 atom stereocenters. The van der Waals surface area contributed by atoms with Crippen LogP contribution in [0.1, 0.15) is 141 Å². The maximum atomic E-state index is 14.8. The molecular weight excluding hydrogens is 1350 g/mol. The Morgan fingerprint density at radius 3 is 0.641 bits per heavy atom. The van der Waals surface area contributed by atoms with Gasteiger partial charge in [0.1, 0.15) is 54.4 Å². The molecule has 584 valence electrons. The zero-order valence-corrected chi connectivity index (χ0v) is 58.3. The smallest absolute Gasteiger partial charge is 0.326 e. The number of carbonyl (C=O) groups is 12. The minimum Gasteiger partial charge on any atom is -0.480 e. The number of rotatable bonds is 57. The zero-order chi connectivity index (χ0) is 78.0. The molecule has 0 aromatic rings. The van der Waals surface area contributed by atoms with E-state index in [4.69, 9.17) is 97.5 Å². The van der Waals surface area contributed by atoms with Gasteiger partial charge in [0.05, 0.1) is 6.04 Å². The lowest BCUT2D eigenvalue weighted by molar-refractivity contribution is -0.142. The van der Waals surface area contributed by atoms with E-state index in [0.717, 1.165) is 0 Å². The molecule has 45 heteroatoms. The average molecular weight is 1470 g/mol. The Labute approximate surface area is 596 Å². The van der Waals surface area contributed by atoms with E-state index in [1.807, 2.05) is 0 Å². The van der Waals surface area contributed by atoms with Crippen LogP contribution in [-0.2, 0) is 57.5 Å². The number of nitrogens with two attached hydrogens (primary N) is 17. The van der Waals surface area contributed by atoms with Crippen molar-refractivity contribution in [3.63, 3.8) is 0 Å². The van der Waals surface area contributed by atoms with Gasteiger partial charge in [-0.1, -0.05) is 0 Å². The number of hydrogen-bond acceptors (Lipinski definition) is 21. The first kappa shape index (κ1) is 92.1. The van der Waals surface area contributed by atoms with Crippen molar-refractivity contribution in [2.24, 2.45) is 127 Å². The predicted molar refractivity (Wildman–Crippen MR) is 385 cm³/mol. The topological polar surface area (TPSA) is 850 Å². The van der Waals surface area contributed by atoms with E-state index < -0.39 is 144 Å². The molecule has 0 heterocycles. The largest absolute Gasteiger partial charge is 0.480 e. The number of primary amides is 2. The summed E-state index contributed by atoms with van der Waals surface area (Å²) in [6.07, 6.45) is -1.10. The van der Waals surface area contributed by atoms with Crippen LogP contribution in [0.4, 0.5) is 0 Å². The van der Waals surface area contributed by atoms with E-state index in [0.29, 0.717) is 12.8 Å². The van der Waals surface area contributed by atoms with Gasteiger partial charge >= 0.3 is 5.97 Å². The first-order valence-electron chi connectivity index (χ1n) is 33.6. The third-order valence-corrected chi connectivity index (χ3v) is 15.0. The molecule has 0 radical (unpaired) electrons. The highest BCUT2D eigenvalue weighted by Crippen LogP contribution is 2.13. The van der Waals surface area contributed by atoms with E-state index in [2.05, 4.69) is 77.8 Å². The van der Waals surface area contributed by atoms with Gasteiger partial charge in [0.15, 0.2) is 35.8 Å². The van der Waals surface area contributed by atoms with Gasteiger partial charge in [-0.25, -0.2) is 4.79 Å². The van der Waals surface area contributed by atoms with Crippen molar-refractivity contribution in [1.82, 2.24) is 47.9 Å². The Morgan fingerprint density at radius 2 is 0.437 bits per heavy atom. The minimum atomic E-state index is -1.73. The van der Waals surface area contributed by atoms with Crippen molar-refractivity contribution in [3.8, 4) is 0 Å². The van der Waals surface area contributed by atoms with Gasteiger partial charge in [-0.2, -0.15) is 0 Å². The van der Waals surface area contributed by atoms with Gasteiger partial charge in [-0.05, 0) is 142 Å². The van der Waals surface area contributed by atoms with E-state index in [1.165, 1.54) is 0 Å². The number of unbranched alkanes of at least 4 members (excludes halogenated alkanes) is 2. The van der Waals surface area contributed by atoms with Crippen LogP contribution in [0, 0.1) is 0 Å². The molecule has 103 heavy (non-hydrogen) atoms. The molecule has 0 bridgehead atoms. The standard InChI is InChI=1S/C58H114N32O13/c59-23-3-1-11-32(84-46(96)34(13-5-25-76-53(64)65)82-43(93)31(61)19-21-41(62)91)44(94)83-33(12-2-4-24-60)45(95)85-35(14-6-26-77-54(66)67)47(97)86-37(16-8-28-79-56(70)71)49(99)89-39(20-22-42(63)92)51(101)88-36(15-7-27-78-55(68)69)48(98)87-38(17-9-29-80-57(72)73)50(100)90-40(52(102)103)18-10-30-81-58(74)75/h31-40H,1-30,59-61H2,(H2,62,91)(H2,63,92)(H,82,93)(H,83,94)(H,84,96)(H,85,95)(H,86,97)(H,87,98)(H,88,101)(H,89,99)(H,90,100)(H,102,103)(H4,64,65,76)(H4,66,67,77)(H4,68,69,78)(H4,70,71,79)(H4,72,73,80)(H4,74,75,81)/t31-,32-,33-,34-,35-,36-,37-,38-,39-,40-/m0/s1. The van der Waals surface area contributed by atoms with Gasteiger partial charge in [-0.15, -0.1) is 0 Å². The lowest BCUT2D eigenvalue weighted by Crippen LogP contribution is -2.60. The normalized spacial score (nSPS) is 13.7. The molecule has 0 aromatic heterocycles. The molecule has 0 saturated heterocycles. The third kappa shape index (κ3) is 44.8. The van der Waals surface area contributed by atoms with Crippen LogP contribution in [0.5, 0.6) is 0 Å². The van der Waals surface area contributed by atoms with Crippen molar-refractivity contribution in [3.05, 3.63) is 0 Å². The maximum Gasteiger partial charge on any atom is 0.326 e. The van der Waals surface area contributed by atoms with Gasteiger partial charge < -0.3 is 150 Å². The second kappa shape index (κ2) is 53.1. The molecule has 0 fully saturated rings. The molecule has 0 aromatic carbocycles. The zero-order valence-electron chi connectivity index (χ0n) is 58.3. The summed E-state index contributed by atoms with van der Waals surface area (Å²) in [5.41, 5.74) is 94.6. The summed E-state index contributed by atoms with van der Waals surface area (Å²) >= 11 is 0. The SMILES string of the molecule is NCCCC[C@H](NC(=O)[C@H](CCCCN)NC(=O)[C@H](CCCN=C(N)N)NC(=O)[C@@H](N)CCC(N)=O)C(=O)N[C@@H](CCCN=C(N)N)C(=O)N[C@@H](CCCN=C(N)N)C(=O)N[C@@H](CCC(N)=O)C(=O)N[C@@H](CCCN=C(N)N)C(=O)N[C@@H](CCCN=C(N)N)C(=O)N[C@@H](CCCN=C(N)N)C(=O)O. The van der Waals surface area contributed by atoms with Crippen LogP contribution in [0.15, 0.2) is 30.0 Å². The van der Waals surface area contributed by atoms with Gasteiger partial charge in [0, 0.05) is 52.1 Å². The van der Waals surface area contributed by atoms with Crippen LogP contribution in [0.3, 0.4) is 0 Å².